The molecule has 20 heavy (non-hydrogen) atoms. The van der Waals surface area contributed by atoms with Crippen molar-refractivity contribution in [3.05, 3.63) is 54.0 Å². The van der Waals surface area contributed by atoms with Crippen molar-refractivity contribution < 1.29 is 0 Å². The zero-order valence-electron chi connectivity index (χ0n) is 12.0. The van der Waals surface area contributed by atoms with E-state index >= 15 is 0 Å². The van der Waals surface area contributed by atoms with E-state index in [9.17, 15) is 0 Å². The standard InChI is InChI=1S/C16H22N4/c1-3-5-14(12-17-2)16(15-6-4-7-19-13-15)20-10-8-18-9-11-20/h3-7,12-13,16,18H,2,8-11H2,1H3/b5-3-,14-12+. The molecule has 0 aliphatic carbocycles. The molecule has 1 aliphatic heterocycles. The zero-order valence-corrected chi connectivity index (χ0v) is 12.0. The fourth-order valence-electron chi connectivity index (χ4n) is 2.59. The molecule has 0 aromatic carbocycles. The summed E-state index contributed by atoms with van der Waals surface area (Å²) in [5, 5.41) is 3.39. The number of rotatable bonds is 5. The van der Waals surface area contributed by atoms with Crippen LogP contribution in [-0.4, -0.2) is 42.8 Å². The maximum Gasteiger partial charge on any atom is 0.0632 e. The van der Waals surface area contributed by atoms with Crippen LogP contribution in [-0.2, 0) is 0 Å². The molecular formula is C16H22N4. The Kier molecular flexibility index (Phi) is 5.65. The molecule has 4 heteroatoms. The van der Waals surface area contributed by atoms with Crippen molar-refractivity contribution in [1.82, 2.24) is 15.2 Å². The van der Waals surface area contributed by atoms with Crippen molar-refractivity contribution in [3.63, 3.8) is 0 Å². The van der Waals surface area contributed by atoms with Gasteiger partial charge in [0.05, 0.1) is 6.04 Å². The molecule has 0 saturated carbocycles. The van der Waals surface area contributed by atoms with Crippen LogP contribution >= 0.6 is 0 Å². The molecule has 106 valence electrons. The number of hydrogen-bond acceptors (Lipinski definition) is 4. The van der Waals surface area contributed by atoms with Gasteiger partial charge in [0, 0.05) is 44.8 Å². The van der Waals surface area contributed by atoms with E-state index in [1.807, 2.05) is 37.7 Å². The Morgan fingerprint density at radius 1 is 1.50 bits per heavy atom. The second-order valence-electron chi connectivity index (χ2n) is 4.79. The van der Waals surface area contributed by atoms with Gasteiger partial charge < -0.3 is 5.32 Å². The largest absolute Gasteiger partial charge is 0.314 e. The molecule has 0 radical (unpaired) electrons. The van der Waals surface area contributed by atoms with Crippen molar-refractivity contribution in [2.24, 2.45) is 4.99 Å². The van der Waals surface area contributed by atoms with Crippen LogP contribution in [0.1, 0.15) is 18.5 Å². The first-order valence-corrected chi connectivity index (χ1v) is 7.00. The molecule has 1 aliphatic rings. The number of nitrogens with zero attached hydrogens (tertiary/aromatic N) is 3. The second-order valence-corrected chi connectivity index (χ2v) is 4.79. The van der Waals surface area contributed by atoms with E-state index < -0.39 is 0 Å². The Labute approximate surface area is 120 Å². The van der Waals surface area contributed by atoms with Crippen LogP contribution in [0.25, 0.3) is 0 Å². The molecule has 1 aromatic heterocycles. The third kappa shape index (κ3) is 3.62. The quantitative estimate of drug-likeness (QED) is 0.658. The van der Waals surface area contributed by atoms with E-state index in [1.165, 1.54) is 5.56 Å². The van der Waals surface area contributed by atoms with E-state index in [-0.39, 0.29) is 6.04 Å². The number of allylic oxidation sites excluding steroid dienone is 1. The first-order chi connectivity index (χ1) is 9.86. The lowest BCUT2D eigenvalue weighted by Gasteiger charge is -2.35. The smallest absolute Gasteiger partial charge is 0.0632 e. The minimum atomic E-state index is 0.187. The lowest BCUT2D eigenvalue weighted by Crippen LogP contribution is -2.45. The summed E-state index contributed by atoms with van der Waals surface area (Å²) in [6, 6.07) is 4.30. The average Bonchev–Trinajstić information content (AvgIpc) is 2.50. The Balaban J connectivity index is 2.36. The third-order valence-corrected chi connectivity index (χ3v) is 3.43. The van der Waals surface area contributed by atoms with Gasteiger partial charge in [-0.2, -0.15) is 0 Å². The highest BCUT2D eigenvalue weighted by atomic mass is 15.2. The highest BCUT2D eigenvalue weighted by Crippen LogP contribution is 2.29. The van der Waals surface area contributed by atoms with E-state index in [1.54, 1.807) is 0 Å². The van der Waals surface area contributed by atoms with E-state index in [0.717, 1.165) is 31.8 Å². The summed E-state index contributed by atoms with van der Waals surface area (Å²) >= 11 is 0. The highest BCUT2D eigenvalue weighted by Gasteiger charge is 2.24. The molecule has 0 amide bonds. The van der Waals surface area contributed by atoms with Gasteiger partial charge in [-0.1, -0.05) is 18.2 Å². The van der Waals surface area contributed by atoms with Crippen LogP contribution in [0.2, 0.25) is 0 Å². The predicted molar refractivity (Wildman–Crippen MR) is 83.9 cm³/mol. The zero-order chi connectivity index (χ0) is 14.2. The van der Waals surface area contributed by atoms with Crippen molar-refractivity contribution in [3.8, 4) is 0 Å². The summed E-state index contributed by atoms with van der Waals surface area (Å²) in [5.41, 5.74) is 2.35. The van der Waals surface area contributed by atoms with Gasteiger partial charge in [-0.25, -0.2) is 0 Å². The van der Waals surface area contributed by atoms with Crippen LogP contribution in [0.3, 0.4) is 0 Å². The Hall–Kier alpha value is -1.78. The van der Waals surface area contributed by atoms with Crippen molar-refractivity contribution >= 4 is 6.72 Å². The fraction of sp³-hybridized carbons (Fsp3) is 0.375. The minimum Gasteiger partial charge on any atom is -0.314 e. The van der Waals surface area contributed by atoms with Crippen LogP contribution in [0.4, 0.5) is 0 Å². The van der Waals surface area contributed by atoms with Gasteiger partial charge in [-0.05, 0) is 30.8 Å². The highest BCUT2D eigenvalue weighted by molar-refractivity contribution is 5.35. The summed E-state index contributed by atoms with van der Waals surface area (Å²) < 4.78 is 0. The van der Waals surface area contributed by atoms with Gasteiger partial charge in [0.2, 0.25) is 0 Å². The summed E-state index contributed by atoms with van der Waals surface area (Å²) in [7, 11) is 0. The van der Waals surface area contributed by atoms with Gasteiger partial charge in [0.15, 0.2) is 0 Å². The molecule has 1 aromatic rings. The summed E-state index contributed by atoms with van der Waals surface area (Å²) in [6.45, 7) is 9.69. The molecule has 4 nitrogen and oxygen atoms in total. The number of piperazine rings is 1. The van der Waals surface area contributed by atoms with Gasteiger partial charge in [0.1, 0.15) is 0 Å². The lowest BCUT2D eigenvalue weighted by molar-refractivity contribution is 0.197. The van der Waals surface area contributed by atoms with E-state index in [4.69, 9.17) is 0 Å². The number of hydrogen-bond donors (Lipinski definition) is 1. The molecule has 2 rings (SSSR count). The molecule has 1 fully saturated rings. The van der Waals surface area contributed by atoms with Crippen LogP contribution in [0.15, 0.2) is 53.4 Å². The van der Waals surface area contributed by atoms with Gasteiger partial charge in [0.25, 0.3) is 0 Å². The normalized spacial score (nSPS) is 19.1. The lowest BCUT2D eigenvalue weighted by atomic mass is 9.98. The third-order valence-electron chi connectivity index (χ3n) is 3.43. The Morgan fingerprint density at radius 3 is 2.90 bits per heavy atom. The fourth-order valence-corrected chi connectivity index (χ4v) is 2.59. The van der Waals surface area contributed by atoms with Crippen LogP contribution < -0.4 is 5.32 Å². The van der Waals surface area contributed by atoms with Gasteiger partial charge in [-0.3, -0.25) is 14.9 Å². The Bertz CT molecular complexity index is 473. The van der Waals surface area contributed by atoms with E-state index in [0.29, 0.717) is 0 Å². The molecule has 1 N–H and O–H groups in total. The van der Waals surface area contributed by atoms with E-state index in [2.05, 4.69) is 39.1 Å². The first-order valence-electron chi connectivity index (χ1n) is 7.00. The SMILES string of the molecule is C=N/C=C(\C=C/C)C(c1cccnc1)N1CCNCC1. The number of nitrogens with one attached hydrogen (secondary N) is 1. The summed E-state index contributed by atoms with van der Waals surface area (Å²) in [6.07, 6.45) is 9.74. The topological polar surface area (TPSA) is 40.5 Å². The molecular weight excluding hydrogens is 248 g/mol. The molecule has 1 unspecified atom stereocenters. The molecule has 0 bridgehead atoms. The maximum absolute atomic E-state index is 4.26. The molecule has 0 spiro atoms. The maximum atomic E-state index is 4.26. The number of pyridine rings is 1. The number of aliphatic imine (C=N–C) groups is 1. The predicted octanol–water partition coefficient (Wildman–Crippen LogP) is 2.19. The van der Waals surface area contributed by atoms with Crippen LogP contribution in [0.5, 0.6) is 0 Å². The monoisotopic (exact) mass is 270 g/mol. The number of aromatic nitrogens is 1. The minimum absolute atomic E-state index is 0.187. The van der Waals surface area contributed by atoms with Gasteiger partial charge in [-0.15, -0.1) is 0 Å². The molecule has 1 atom stereocenters. The first kappa shape index (κ1) is 14.6. The van der Waals surface area contributed by atoms with Crippen molar-refractivity contribution in [2.75, 3.05) is 26.2 Å². The van der Waals surface area contributed by atoms with Crippen LogP contribution in [0, 0.1) is 0 Å². The molecule has 2 heterocycles. The van der Waals surface area contributed by atoms with Gasteiger partial charge >= 0.3 is 0 Å². The van der Waals surface area contributed by atoms with Crippen molar-refractivity contribution in [1.29, 1.82) is 0 Å². The second kappa shape index (κ2) is 7.72. The summed E-state index contributed by atoms with van der Waals surface area (Å²) in [5.74, 6) is 0. The average molecular weight is 270 g/mol. The molecule has 1 saturated heterocycles. The summed E-state index contributed by atoms with van der Waals surface area (Å²) in [4.78, 5) is 10.7. The Morgan fingerprint density at radius 2 is 2.30 bits per heavy atom. The van der Waals surface area contributed by atoms with Crippen molar-refractivity contribution in [2.45, 2.75) is 13.0 Å².